The van der Waals surface area contributed by atoms with Crippen molar-refractivity contribution in [2.75, 3.05) is 0 Å². The van der Waals surface area contributed by atoms with Crippen molar-refractivity contribution in [1.29, 1.82) is 0 Å². The fourth-order valence-electron chi connectivity index (χ4n) is 2.66. The quantitative estimate of drug-likeness (QED) is 0.569. The molecule has 4 heteroatoms. The molecule has 0 saturated heterocycles. The predicted molar refractivity (Wildman–Crippen MR) is 95.1 cm³/mol. The monoisotopic (exact) mass is 312 g/mol. The van der Waals surface area contributed by atoms with Gasteiger partial charge in [0, 0.05) is 42.3 Å². The predicted octanol–water partition coefficient (Wildman–Crippen LogP) is 4.21. The van der Waals surface area contributed by atoms with Gasteiger partial charge in [0.1, 0.15) is 5.82 Å². The Morgan fingerprint density at radius 2 is 1.29 bits per heavy atom. The molecule has 0 bridgehead atoms. The van der Waals surface area contributed by atoms with Gasteiger partial charge < -0.3 is 4.57 Å². The van der Waals surface area contributed by atoms with E-state index in [2.05, 4.69) is 22.1 Å². The van der Waals surface area contributed by atoms with Crippen molar-refractivity contribution < 1.29 is 0 Å². The average Bonchev–Trinajstić information content (AvgIpc) is 3.05. The molecule has 0 aliphatic rings. The molecule has 2 aromatic heterocycles. The molecular weight excluding hydrogens is 296 g/mol. The van der Waals surface area contributed by atoms with Crippen LogP contribution in [0.3, 0.4) is 0 Å². The van der Waals surface area contributed by atoms with E-state index in [1.165, 1.54) is 0 Å². The zero-order valence-electron chi connectivity index (χ0n) is 13.3. The first-order valence-corrected chi connectivity index (χ1v) is 7.78. The first-order valence-electron chi connectivity index (χ1n) is 7.78. The van der Waals surface area contributed by atoms with E-state index in [0.29, 0.717) is 0 Å². The second-order valence-corrected chi connectivity index (χ2v) is 5.59. The van der Waals surface area contributed by atoms with Crippen molar-refractivity contribution in [3.8, 4) is 34.0 Å². The lowest BCUT2D eigenvalue weighted by molar-refractivity contribution is 0.925. The van der Waals surface area contributed by atoms with Gasteiger partial charge in [0.25, 0.3) is 0 Å². The molecule has 0 radical (unpaired) electrons. The van der Waals surface area contributed by atoms with E-state index >= 15 is 0 Å². The topological polar surface area (TPSA) is 43.6 Å². The normalized spacial score (nSPS) is 10.7. The van der Waals surface area contributed by atoms with Crippen LogP contribution in [0, 0.1) is 0 Å². The van der Waals surface area contributed by atoms with E-state index in [0.717, 1.165) is 34.0 Å². The first-order chi connectivity index (χ1) is 11.8. The first kappa shape index (κ1) is 14.3. The summed E-state index contributed by atoms with van der Waals surface area (Å²) in [4.78, 5) is 13.7. The van der Waals surface area contributed by atoms with Gasteiger partial charge in [0.15, 0.2) is 5.82 Å². The molecule has 0 unspecified atom stereocenters. The number of benzene rings is 2. The highest BCUT2D eigenvalue weighted by molar-refractivity contribution is 5.65. The summed E-state index contributed by atoms with van der Waals surface area (Å²) in [5.41, 5.74) is 3.88. The van der Waals surface area contributed by atoms with E-state index in [-0.39, 0.29) is 0 Å². The van der Waals surface area contributed by atoms with E-state index < -0.39 is 0 Å². The van der Waals surface area contributed by atoms with Crippen LogP contribution < -0.4 is 0 Å². The highest BCUT2D eigenvalue weighted by atomic mass is 15.0. The zero-order valence-corrected chi connectivity index (χ0v) is 13.3. The second kappa shape index (κ2) is 6.08. The van der Waals surface area contributed by atoms with Crippen LogP contribution in [0.5, 0.6) is 0 Å². The Labute approximate surface area is 140 Å². The van der Waals surface area contributed by atoms with Gasteiger partial charge in [-0.2, -0.15) is 0 Å². The van der Waals surface area contributed by atoms with Gasteiger partial charge >= 0.3 is 0 Å². The third-order valence-electron chi connectivity index (χ3n) is 3.89. The van der Waals surface area contributed by atoms with Gasteiger partial charge in [-0.05, 0) is 0 Å². The van der Waals surface area contributed by atoms with Gasteiger partial charge in [-0.3, -0.25) is 0 Å². The molecular formula is C20H16N4. The van der Waals surface area contributed by atoms with Crippen LogP contribution in [0.1, 0.15) is 0 Å². The number of aromatic nitrogens is 4. The SMILES string of the molecule is Cn1cc(-c2cnc(-c3ccccc3)nc2)nc1-c1ccccc1. The Morgan fingerprint density at radius 1 is 0.708 bits per heavy atom. The molecule has 0 saturated carbocycles. The van der Waals surface area contributed by atoms with E-state index in [1.54, 1.807) is 0 Å². The average molecular weight is 312 g/mol. The lowest BCUT2D eigenvalue weighted by atomic mass is 10.2. The fraction of sp³-hybridized carbons (Fsp3) is 0.0500. The molecule has 0 spiro atoms. The van der Waals surface area contributed by atoms with Crippen molar-refractivity contribution in [2.45, 2.75) is 0 Å². The molecule has 24 heavy (non-hydrogen) atoms. The van der Waals surface area contributed by atoms with Crippen molar-refractivity contribution in [1.82, 2.24) is 19.5 Å². The standard InChI is InChI=1S/C20H16N4/c1-24-14-18(23-20(24)16-10-6-3-7-11-16)17-12-21-19(22-13-17)15-8-4-2-5-9-15/h2-14H,1H3. The summed E-state index contributed by atoms with van der Waals surface area (Å²) >= 11 is 0. The van der Waals surface area contributed by atoms with Crippen LogP contribution in [0.2, 0.25) is 0 Å². The third kappa shape index (κ3) is 2.70. The third-order valence-corrected chi connectivity index (χ3v) is 3.89. The number of imidazole rings is 1. The highest BCUT2D eigenvalue weighted by Crippen LogP contribution is 2.24. The summed E-state index contributed by atoms with van der Waals surface area (Å²) in [5.74, 6) is 1.65. The van der Waals surface area contributed by atoms with Crippen molar-refractivity contribution in [3.05, 3.63) is 79.3 Å². The summed E-state index contributed by atoms with van der Waals surface area (Å²) in [5, 5.41) is 0. The Bertz CT molecular complexity index is 942. The van der Waals surface area contributed by atoms with Crippen LogP contribution in [0.4, 0.5) is 0 Å². The molecule has 116 valence electrons. The molecule has 0 aliphatic carbocycles. The maximum absolute atomic E-state index is 4.74. The van der Waals surface area contributed by atoms with Gasteiger partial charge in [-0.1, -0.05) is 60.7 Å². The lowest BCUT2D eigenvalue weighted by Crippen LogP contribution is -1.90. The van der Waals surface area contributed by atoms with Crippen LogP contribution in [-0.2, 0) is 7.05 Å². The Hall–Kier alpha value is -3.27. The molecule has 4 aromatic rings. The molecule has 2 aromatic carbocycles. The minimum Gasteiger partial charge on any atom is -0.333 e. The molecule has 4 nitrogen and oxygen atoms in total. The number of nitrogens with zero attached hydrogens (tertiary/aromatic N) is 4. The van der Waals surface area contributed by atoms with E-state index in [9.17, 15) is 0 Å². The molecule has 0 N–H and O–H groups in total. The molecule has 0 fully saturated rings. The summed E-state index contributed by atoms with van der Waals surface area (Å²) in [6.07, 6.45) is 5.65. The van der Waals surface area contributed by atoms with Gasteiger partial charge in [0.2, 0.25) is 0 Å². The van der Waals surface area contributed by atoms with Crippen LogP contribution in [0.25, 0.3) is 34.0 Å². The lowest BCUT2D eigenvalue weighted by Gasteiger charge is -2.00. The van der Waals surface area contributed by atoms with Crippen molar-refractivity contribution >= 4 is 0 Å². The summed E-state index contributed by atoms with van der Waals surface area (Å²) < 4.78 is 2.02. The molecule has 0 amide bonds. The largest absolute Gasteiger partial charge is 0.333 e. The number of hydrogen-bond donors (Lipinski definition) is 0. The van der Waals surface area contributed by atoms with Crippen LogP contribution in [-0.4, -0.2) is 19.5 Å². The minimum absolute atomic E-state index is 0.721. The Balaban J connectivity index is 1.68. The maximum Gasteiger partial charge on any atom is 0.159 e. The van der Waals surface area contributed by atoms with E-state index in [4.69, 9.17) is 4.98 Å². The van der Waals surface area contributed by atoms with Crippen molar-refractivity contribution in [3.63, 3.8) is 0 Å². The Morgan fingerprint density at radius 3 is 1.92 bits per heavy atom. The fourth-order valence-corrected chi connectivity index (χ4v) is 2.66. The van der Waals surface area contributed by atoms with Crippen LogP contribution in [0.15, 0.2) is 79.3 Å². The van der Waals surface area contributed by atoms with Gasteiger partial charge in [-0.15, -0.1) is 0 Å². The molecule has 2 heterocycles. The second-order valence-electron chi connectivity index (χ2n) is 5.59. The van der Waals surface area contributed by atoms with Crippen molar-refractivity contribution in [2.24, 2.45) is 7.05 Å². The number of rotatable bonds is 3. The number of aryl methyl sites for hydroxylation is 1. The van der Waals surface area contributed by atoms with Gasteiger partial charge in [0.05, 0.1) is 5.69 Å². The molecule has 4 rings (SSSR count). The smallest absolute Gasteiger partial charge is 0.159 e. The van der Waals surface area contributed by atoms with Crippen LogP contribution >= 0.6 is 0 Å². The minimum atomic E-state index is 0.721. The highest BCUT2D eigenvalue weighted by Gasteiger charge is 2.10. The molecule has 0 aliphatic heterocycles. The van der Waals surface area contributed by atoms with Gasteiger partial charge in [-0.25, -0.2) is 15.0 Å². The van der Waals surface area contributed by atoms with E-state index in [1.807, 2.05) is 78.7 Å². The zero-order chi connectivity index (χ0) is 16.4. The molecule has 0 atom stereocenters. The summed E-state index contributed by atoms with van der Waals surface area (Å²) in [6.45, 7) is 0. The number of hydrogen-bond acceptors (Lipinski definition) is 3. The summed E-state index contributed by atoms with van der Waals surface area (Å²) in [6, 6.07) is 20.1. The summed E-state index contributed by atoms with van der Waals surface area (Å²) in [7, 11) is 2.00. The Kier molecular flexibility index (Phi) is 3.63. The maximum atomic E-state index is 4.74.